The Labute approximate surface area is 116 Å². The lowest BCUT2D eigenvalue weighted by Gasteiger charge is -2.05. The van der Waals surface area contributed by atoms with Crippen molar-refractivity contribution in [3.8, 4) is 5.75 Å². The Hall–Kier alpha value is -2.46. The van der Waals surface area contributed by atoms with E-state index in [1.807, 2.05) is 0 Å². The Bertz CT molecular complexity index is 588. The third-order valence-corrected chi connectivity index (χ3v) is 2.72. The van der Waals surface area contributed by atoms with Crippen LogP contribution >= 0.6 is 0 Å². The summed E-state index contributed by atoms with van der Waals surface area (Å²) in [5.41, 5.74) is 0.688. The number of hydrogen-bond acceptors (Lipinski definition) is 4. The van der Waals surface area contributed by atoms with Gasteiger partial charge in [0.15, 0.2) is 0 Å². The number of hydrogen-bond donors (Lipinski definition) is 1. The fourth-order valence-corrected chi connectivity index (χ4v) is 1.72. The Morgan fingerprint density at radius 1 is 0.850 bits per heavy atom. The second kappa shape index (κ2) is 6.63. The predicted molar refractivity (Wildman–Crippen MR) is 74.1 cm³/mol. The SMILES string of the molecule is O=C(C(=O)c1ccc(OCCO)cc1)c1ccccc1. The molecule has 0 atom stereocenters. The van der Waals surface area contributed by atoms with Gasteiger partial charge in [0.05, 0.1) is 6.61 Å². The van der Waals surface area contributed by atoms with Crippen LogP contribution in [0.5, 0.6) is 5.75 Å². The Kier molecular flexibility index (Phi) is 4.63. The maximum atomic E-state index is 12.0. The van der Waals surface area contributed by atoms with Gasteiger partial charge in [0, 0.05) is 11.1 Å². The minimum Gasteiger partial charge on any atom is -0.491 e. The Balaban J connectivity index is 2.11. The van der Waals surface area contributed by atoms with Gasteiger partial charge in [-0.1, -0.05) is 30.3 Å². The molecular weight excluding hydrogens is 256 g/mol. The maximum absolute atomic E-state index is 12.0. The molecule has 0 aromatic heterocycles. The van der Waals surface area contributed by atoms with Gasteiger partial charge < -0.3 is 9.84 Å². The van der Waals surface area contributed by atoms with Gasteiger partial charge >= 0.3 is 0 Å². The summed E-state index contributed by atoms with van der Waals surface area (Å²) in [6.07, 6.45) is 0. The normalized spacial score (nSPS) is 10.1. The first-order valence-corrected chi connectivity index (χ1v) is 6.20. The third kappa shape index (κ3) is 3.30. The van der Waals surface area contributed by atoms with Gasteiger partial charge in [-0.25, -0.2) is 0 Å². The van der Waals surface area contributed by atoms with Crippen LogP contribution in [-0.4, -0.2) is 29.9 Å². The van der Waals surface area contributed by atoms with Crippen molar-refractivity contribution in [3.63, 3.8) is 0 Å². The molecule has 2 aromatic carbocycles. The number of rotatable bonds is 6. The lowest BCUT2D eigenvalue weighted by molar-refractivity contribution is 0.0817. The van der Waals surface area contributed by atoms with Gasteiger partial charge in [0.25, 0.3) is 0 Å². The van der Waals surface area contributed by atoms with E-state index in [9.17, 15) is 9.59 Å². The van der Waals surface area contributed by atoms with Crippen molar-refractivity contribution in [3.05, 3.63) is 65.7 Å². The summed E-state index contributed by atoms with van der Waals surface area (Å²) in [7, 11) is 0. The molecule has 0 aliphatic carbocycles. The molecule has 0 amide bonds. The largest absolute Gasteiger partial charge is 0.491 e. The molecule has 0 saturated carbocycles. The third-order valence-electron chi connectivity index (χ3n) is 2.72. The van der Waals surface area contributed by atoms with Crippen LogP contribution in [0.15, 0.2) is 54.6 Å². The number of benzene rings is 2. The van der Waals surface area contributed by atoms with Gasteiger partial charge in [-0.2, -0.15) is 0 Å². The number of ether oxygens (including phenoxy) is 1. The van der Waals surface area contributed by atoms with Gasteiger partial charge in [-0.05, 0) is 24.3 Å². The van der Waals surface area contributed by atoms with Crippen molar-refractivity contribution >= 4 is 11.6 Å². The van der Waals surface area contributed by atoms with E-state index >= 15 is 0 Å². The van der Waals surface area contributed by atoms with Crippen LogP contribution in [-0.2, 0) is 0 Å². The lowest BCUT2D eigenvalue weighted by atomic mass is 10.0. The van der Waals surface area contributed by atoms with Crippen LogP contribution in [0.25, 0.3) is 0 Å². The van der Waals surface area contributed by atoms with Crippen molar-refractivity contribution in [1.82, 2.24) is 0 Å². The fourth-order valence-electron chi connectivity index (χ4n) is 1.72. The molecule has 2 rings (SSSR count). The van der Waals surface area contributed by atoms with Crippen LogP contribution in [0, 0.1) is 0 Å². The van der Waals surface area contributed by atoms with E-state index in [1.54, 1.807) is 42.5 Å². The molecule has 0 saturated heterocycles. The minimum atomic E-state index is -0.551. The quantitative estimate of drug-likeness (QED) is 0.645. The molecule has 2 aromatic rings. The van der Waals surface area contributed by atoms with E-state index in [0.717, 1.165) is 0 Å². The zero-order valence-electron chi connectivity index (χ0n) is 10.8. The molecular formula is C16H14O4. The standard InChI is InChI=1S/C16H14O4/c17-10-11-20-14-8-6-13(7-9-14)16(19)15(18)12-4-2-1-3-5-12/h1-9,17H,10-11H2. The van der Waals surface area contributed by atoms with Crippen molar-refractivity contribution in [1.29, 1.82) is 0 Å². The molecule has 0 bridgehead atoms. The molecule has 0 heterocycles. The van der Waals surface area contributed by atoms with Crippen molar-refractivity contribution in [2.45, 2.75) is 0 Å². The van der Waals surface area contributed by atoms with E-state index in [1.165, 1.54) is 12.1 Å². The van der Waals surface area contributed by atoms with E-state index in [4.69, 9.17) is 9.84 Å². The number of carbonyl (C=O) groups excluding carboxylic acids is 2. The van der Waals surface area contributed by atoms with Gasteiger partial charge in [-0.15, -0.1) is 0 Å². The first-order valence-electron chi connectivity index (χ1n) is 6.20. The van der Waals surface area contributed by atoms with Crippen LogP contribution in [0.3, 0.4) is 0 Å². The zero-order chi connectivity index (χ0) is 14.4. The summed E-state index contributed by atoms with van der Waals surface area (Å²) in [6.45, 7) is 0.114. The molecule has 0 spiro atoms. The van der Waals surface area contributed by atoms with Crippen LogP contribution in [0.1, 0.15) is 20.7 Å². The number of ketones is 2. The summed E-state index contributed by atoms with van der Waals surface area (Å²) in [5, 5.41) is 8.65. The molecule has 0 aliphatic heterocycles. The molecule has 1 N–H and O–H groups in total. The highest BCUT2D eigenvalue weighted by atomic mass is 16.5. The van der Waals surface area contributed by atoms with E-state index in [0.29, 0.717) is 16.9 Å². The smallest absolute Gasteiger partial charge is 0.233 e. The van der Waals surface area contributed by atoms with Crippen molar-refractivity contribution in [2.75, 3.05) is 13.2 Å². The second-order valence-electron chi connectivity index (χ2n) is 4.12. The predicted octanol–water partition coefficient (Wildman–Crippen LogP) is 2.12. The summed E-state index contributed by atoms with van der Waals surface area (Å²) >= 11 is 0. The molecule has 0 unspecified atom stereocenters. The van der Waals surface area contributed by atoms with E-state index in [2.05, 4.69) is 0 Å². The first-order chi connectivity index (χ1) is 9.72. The van der Waals surface area contributed by atoms with Crippen LogP contribution in [0.4, 0.5) is 0 Å². The fraction of sp³-hybridized carbons (Fsp3) is 0.125. The average Bonchev–Trinajstić information content (AvgIpc) is 2.53. The highest BCUT2D eigenvalue weighted by Crippen LogP contribution is 2.14. The Morgan fingerprint density at radius 3 is 1.95 bits per heavy atom. The van der Waals surface area contributed by atoms with E-state index < -0.39 is 11.6 Å². The first kappa shape index (κ1) is 14.0. The highest BCUT2D eigenvalue weighted by molar-refractivity contribution is 6.49. The second-order valence-corrected chi connectivity index (χ2v) is 4.12. The topological polar surface area (TPSA) is 63.6 Å². The minimum absolute atomic E-state index is 0.0762. The summed E-state index contributed by atoms with van der Waals surface area (Å²) < 4.78 is 5.19. The number of aliphatic hydroxyl groups is 1. The zero-order valence-corrected chi connectivity index (χ0v) is 10.8. The van der Waals surface area contributed by atoms with Gasteiger partial charge in [0.2, 0.25) is 11.6 Å². The molecule has 4 nitrogen and oxygen atoms in total. The number of carbonyl (C=O) groups is 2. The van der Waals surface area contributed by atoms with Gasteiger partial charge in [-0.3, -0.25) is 9.59 Å². The molecule has 20 heavy (non-hydrogen) atoms. The van der Waals surface area contributed by atoms with E-state index in [-0.39, 0.29) is 13.2 Å². The van der Waals surface area contributed by atoms with Crippen molar-refractivity contribution < 1.29 is 19.4 Å². The molecule has 0 fully saturated rings. The number of aliphatic hydroxyl groups excluding tert-OH is 1. The summed E-state index contributed by atoms with van der Waals surface area (Å²) in [5.74, 6) is -0.540. The van der Waals surface area contributed by atoms with Gasteiger partial charge in [0.1, 0.15) is 12.4 Å². The average molecular weight is 270 g/mol. The monoisotopic (exact) mass is 270 g/mol. The van der Waals surface area contributed by atoms with Crippen molar-refractivity contribution in [2.24, 2.45) is 0 Å². The molecule has 0 radical (unpaired) electrons. The lowest BCUT2D eigenvalue weighted by Crippen LogP contribution is -2.14. The number of Topliss-reactive ketones (excluding diaryl/α,β-unsaturated/α-hetero) is 2. The molecule has 0 aliphatic rings. The maximum Gasteiger partial charge on any atom is 0.233 e. The molecule has 4 heteroatoms. The summed E-state index contributed by atoms with van der Waals surface area (Å²) in [6, 6.07) is 14.7. The Morgan fingerprint density at radius 2 is 1.40 bits per heavy atom. The molecule has 102 valence electrons. The van der Waals surface area contributed by atoms with Crippen LogP contribution in [0.2, 0.25) is 0 Å². The summed E-state index contributed by atoms with van der Waals surface area (Å²) in [4.78, 5) is 24.0. The van der Waals surface area contributed by atoms with Crippen LogP contribution < -0.4 is 4.74 Å². The highest BCUT2D eigenvalue weighted by Gasteiger charge is 2.17.